The minimum atomic E-state index is -0.875. The highest BCUT2D eigenvalue weighted by atomic mass is 16.4. The summed E-state index contributed by atoms with van der Waals surface area (Å²) in [5, 5.41) is 11.3. The molecule has 4 nitrogen and oxygen atoms in total. The van der Waals surface area contributed by atoms with Crippen LogP contribution in [0.15, 0.2) is 30.3 Å². The van der Waals surface area contributed by atoms with Crippen LogP contribution < -0.4 is 5.32 Å². The van der Waals surface area contributed by atoms with Crippen molar-refractivity contribution in [2.75, 3.05) is 5.32 Å². The Labute approximate surface area is 94.3 Å². The molecular weight excluding hydrogens is 206 g/mol. The standard InChI is InChI=1S/C12H15NO3/c1-9(8-12(15)16)7-11(14)13-10-5-3-2-4-6-10/h2-6,9H,7-8H2,1H3,(H,13,14)(H,15,16)/t9-/m0/s1. The Morgan fingerprint density at radius 1 is 1.25 bits per heavy atom. The summed E-state index contributed by atoms with van der Waals surface area (Å²) in [4.78, 5) is 21.9. The van der Waals surface area contributed by atoms with Gasteiger partial charge in [-0.15, -0.1) is 0 Å². The van der Waals surface area contributed by atoms with Crippen LogP contribution in [0.5, 0.6) is 0 Å². The van der Waals surface area contributed by atoms with Gasteiger partial charge in [-0.1, -0.05) is 25.1 Å². The SMILES string of the molecule is C[C@H](CC(=O)O)CC(=O)Nc1ccccc1. The highest BCUT2D eigenvalue weighted by molar-refractivity contribution is 5.91. The summed E-state index contributed by atoms with van der Waals surface area (Å²) in [6.07, 6.45) is 0.239. The number of carbonyl (C=O) groups is 2. The van der Waals surface area contributed by atoms with Crippen molar-refractivity contribution in [3.63, 3.8) is 0 Å². The third-order valence-electron chi connectivity index (χ3n) is 2.11. The van der Waals surface area contributed by atoms with E-state index in [2.05, 4.69) is 5.32 Å². The van der Waals surface area contributed by atoms with Gasteiger partial charge in [0.05, 0.1) is 0 Å². The quantitative estimate of drug-likeness (QED) is 0.800. The average molecular weight is 221 g/mol. The van der Waals surface area contributed by atoms with Crippen LogP contribution >= 0.6 is 0 Å². The minimum absolute atomic E-state index is 0.0161. The summed E-state index contributed by atoms with van der Waals surface area (Å²) in [5.41, 5.74) is 0.732. The molecule has 0 aliphatic rings. The van der Waals surface area contributed by atoms with Crippen molar-refractivity contribution in [2.45, 2.75) is 19.8 Å². The van der Waals surface area contributed by atoms with Gasteiger partial charge in [-0.25, -0.2) is 0 Å². The molecule has 0 radical (unpaired) electrons. The number of para-hydroxylation sites is 1. The van der Waals surface area contributed by atoms with E-state index in [1.165, 1.54) is 0 Å². The first-order valence-corrected chi connectivity index (χ1v) is 5.14. The molecule has 0 saturated heterocycles. The van der Waals surface area contributed by atoms with E-state index in [1.54, 1.807) is 19.1 Å². The van der Waals surface area contributed by atoms with Crippen molar-refractivity contribution in [1.29, 1.82) is 0 Å². The van der Waals surface area contributed by atoms with Crippen molar-refractivity contribution in [2.24, 2.45) is 5.92 Å². The smallest absolute Gasteiger partial charge is 0.303 e. The van der Waals surface area contributed by atoms with Crippen molar-refractivity contribution >= 4 is 17.6 Å². The zero-order valence-corrected chi connectivity index (χ0v) is 9.14. The largest absolute Gasteiger partial charge is 0.481 e. The molecule has 1 aromatic carbocycles. The Bertz CT molecular complexity index is 362. The number of hydrogen-bond acceptors (Lipinski definition) is 2. The third-order valence-corrected chi connectivity index (χ3v) is 2.11. The molecule has 1 atom stereocenters. The summed E-state index contributed by atoms with van der Waals surface area (Å²) in [6.45, 7) is 1.75. The zero-order valence-electron chi connectivity index (χ0n) is 9.14. The van der Waals surface area contributed by atoms with Crippen molar-refractivity contribution in [3.05, 3.63) is 30.3 Å². The predicted octanol–water partition coefficient (Wildman–Crippen LogP) is 2.13. The number of carboxylic acids is 1. The summed E-state index contributed by atoms with van der Waals surface area (Å²) >= 11 is 0. The molecule has 1 aromatic rings. The Balaban J connectivity index is 2.39. The van der Waals surface area contributed by atoms with Gasteiger partial charge in [-0.05, 0) is 18.1 Å². The molecule has 0 aliphatic heterocycles. The molecule has 1 amide bonds. The van der Waals surface area contributed by atoms with Crippen molar-refractivity contribution in [3.8, 4) is 0 Å². The molecule has 0 fully saturated rings. The Hall–Kier alpha value is -1.84. The number of rotatable bonds is 5. The second kappa shape index (κ2) is 5.90. The normalized spacial score (nSPS) is 11.8. The Morgan fingerprint density at radius 2 is 1.88 bits per heavy atom. The fourth-order valence-electron chi connectivity index (χ4n) is 1.42. The first-order valence-electron chi connectivity index (χ1n) is 5.14. The van der Waals surface area contributed by atoms with Crippen LogP contribution in [0, 0.1) is 5.92 Å². The summed E-state index contributed by atoms with van der Waals surface area (Å²) in [5.74, 6) is -1.18. The predicted molar refractivity (Wildman–Crippen MR) is 61.1 cm³/mol. The number of nitrogens with one attached hydrogen (secondary N) is 1. The molecule has 0 saturated carbocycles. The maximum atomic E-state index is 11.5. The van der Waals surface area contributed by atoms with Gasteiger partial charge in [-0.3, -0.25) is 9.59 Å². The van der Waals surface area contributed by atoms with Gasteiger partial charge in [0.1, 0.15) is 0 Å². The first kappa shape index (κ1) is 12.2. The van der Waals surface area contributed by atoms with Crippen LogP contribution in [0.2, 0.25) is 0 Å². The number of hydrogen-bond donors (Lipinski definition) is 2. The molecule has 0 unspecified atom stereocenters. The third kappa shape index (κ3) is 4.59. The van der Waals surface area contributed by atoms with Crippen LogP contribution in [0.3, 0.4) is 0 Å². The minimum Gasteiger partial charge on any atom is -0.481 e. The van der Waals surface area contributed by atoms with E-state index in [0.29, 0.717) is 0 Å². The molecule has 4 heteroatoms. The van der Waals surface area contributed by atoms with Crippen LogP contribution in [0.1, 0.15) is 19.8 Å². The second-order valence-electron chi connectivity index (χ2n) is 3.82. The molecule has 2 N–H and O–H groups in total. The number of amides is 1. The number of benzene rings is 1. The van der Waals surface area contributed by atoms with Gasteiger partial charge in [-0.2, -0.15) is 0 Å². The lowest BCUT2D eigenvalue weighted by Crippen LogP contribution is -2.16. The monoisotopic (exact) mass is 221 g/mol. The number of anilines is 1. The van der Waals surface area contributed by atoms with Gasteiger partial charge in [0, 0.05) is 18.5 Å². The maximum Gasteiger partial charge on any atom is 0.303 e. The van der Waals surface area contributed by atoms with Gasteiger partial charge in [0.25, 0.3) is 0 Å². The zero-order chi connectivity index (χ0) is 12.0. The lowest BCUT2D eigenvalue weighted by Gasteiger charge is -2.09. The summed E-state index contributed by atoms with van der Waals surface area (Å²) in [7, 11) is 0. The fraction of sp³-hybridized carbons (Fsp3) is 0.333. The Morgan fingerprint density at radius 3 is 2.44 bits per heavy atom. The second-order valence-corrected chi connectivity index (χ2v) is 3.82. The highest BCUT2D eigenvalue weighted by Crippen LogP contribution is 2.10. The van der Waals surface area contributed by atoms with E-state index >= 15 is 0 Å². The van der Waals surface area contributed by atoms with Crippen LogP contribution in [0.4, 0.5) is 5.69 Å². The van der Waals surface area contributed by atoms with E-state index in [1.807, 2.05) is 18.2 Å². The topological polar surface area (TPSA) is 66.4 Å². The van der Waals surface area contributed by atoms with Crippen molar-refractivity contribution < 1.29 is 14.7 Å². The molecule has 0 bridgehead atoms. The van der Waals surface area contributed by atoms with Crippen LogP contribution in [-0.4, -0.2) is 17.0 Å². The van der Waals surface area contributed by atoms with E-state index in [0.717, 1.165) is 5.69 Å². The molecule has 0 aromatic heterocycles. The maximum absolute atomic E-state index is 11.5. The average Bonchev–Trinajstić information content (AvgIpc) is 2.17. The number of carbonyl (C=O) groups excluding carboxylic acids is 1. The molecule has 16 heavy (non-hydrogen) atoms. The van der Waals surface area contributed by atoms with Crippen molar-refractivity contribution in [1.82, 2.24) is 0 Å². The van der Waals surface area contributed by atoms with E-state index in [9.17, 15) is 9.59 Å². The summed E-state index contributed by atoms with van der Waals surface area (Å²) in [6, 6.07) is 9.11. The lowest BCUT2D eigenvalue weighted by molar-refractivity contribution is -0.138. The van der Waals surface area contributed by atoms with Gasteiger partial charge in [0.15, 0.2) is 0 Å². The highest BCUT2D eigenvalue weighted by Gasteiger charge is 2.12. The van der Waals surface area contributed by atoms with Crippen LogP contribution in [0.25, 0.3) is 0 Å². The fourth-order valence-corrected chi connectivity index (χ4v) is 1.42. The van der Waals surface area contributed by atoms with E-state index in [4.69, 9.17) is 5.11 Å². The summed E-state index contributed by atoms with van der Waals surface area (Å²) < 4.78 is 0. The van der Waals surface area contributed by atoms with Gasteiger partial charge in [0.2, 0.25) is 5.91 Å². The lowest BCUT2D eigenvalue weighted by atomic mass is 10.0. The Kier molecular flexibility index (Phi) is 4.51. The van der Waals surface area contributed by atoms with Crippen LogP contribution in [-0.2, 0) is 9.59 Å². The van der Waals surface area contributed by atoms with E-state index in [-0.39, 0.29) is 24.7 Å². The number of aliphatic carboxylic acids is 1. The first-order chi connectivity index (χ1) is 7.58. The molecule has 0 heterocycles. The molecule has 1 rings (SSSR count). The van der Waals surface area contributed by atoms with E-state index < -0.39 is 5.97 Å². The molecule has 0 spiro atoms. The van der Waals surface area contributed by atoms with Gasteiger partial charge >= 0.3 is 5.97 Å². The molecule has 0 aliphatic carbocycles. The molecular formula is C12H15NO3. The van der Waals surface area contributed by atoms with Gasteiger partial charge < -0.3 is 10.4 Å². The number of carboxylic acid groups (broad SMARTS) is 1. The molecule has 86 valence electrons.